The highest BCUT2D eigenvalue weighted by Crippen LogP contribution is 2.15. The maximum absolute atomic E-state index is 13.6. The van der Waals surface area contributed by atoms with Gasteiger partial charge in [0.1, 0.15) is 5.82 Å². The fourth-order valence-corrected chi connectivity index (χ4v) is 1.38. The molecule has 1 aromatic carbocycles. The summed E-state index contributed by atoms with van der Waals surface area (Å²) in [6.45, 7) is 5.05. The first-order valence-electron chi connectivity index (χ1n) is 5.83. The van der Waals surface area contributed by atoms with Gasteiger partial charge in [-0.15, -0.1) is 12.4 Å². The predicted molar refractivity (Wildman–Crippen MR) is 78.6 cm³/mol. The molecule has 0 aromatic heterocycles. The molecule has 2 amide bonds. The summed E-state index contributed by atoms with van der Waals surface area (Å²) >= 11 is 0. The lowest BCUT2D eigenvalue weighted by Gasteiger charge is -2.19. The van der Waals surface area contributed by atoms with Crippen molar-refractivity contribution >= 4 is 29.9 Å². The molecule has 0 aliphatic carbocycles. The van der Waals surface area contributed by atoms with Gasteiger partial charge in [0.25, 0.3) is 5.91 Å². The quantitative estimate of drug-likeness (QED) is 0.791. The summed E-state index contributed by atoms with van der Waals surface area (Å²) in [5, 5.41) is 5.03. The summed E-state index contributed by atoms with van der Waals surface area (Å²) in [7, 11) is 0. The van der Waals surface area contributed by atoms with Gasteiger partial charge in [0, 0.05) is 24.7 Å². The van der Waals surface area contributed by atoms with Crippen LogP contribution in [0.25, 0.3) is 0 Å². The van der Waals surface area contributed by atoms with E-state index in [9.17, 15) is 14.0 Å². The van der Waals surface area contributed by atoms with Gasteiger partial charge in [-0.1, -0.05) is 0 Å². The van der Waals surface area contributed by atoms with Crippen molar-refractivity contribution in [1.82, 2.24) is 5.32 Å². The maximum Gasteiger partial charge on any atom is 0.254 e. The normalized spacial score (nSPS) is 10.4. The highest BCUT2D eigenvalue weighted by molar-refractivity contribution is 5.97. The van der Waals surface area contributed by atoms with Gasteiger partial charge in [-0.25, -0.2) is 4.39 Å². The van der Waals surface area contributed by atoms with Crippen LogP contribution in [0.4, 0.5) is 10.1 Å². The molecule has 20 heavy (non-hydrogen) atoms. The number of carbonyl (C=O) groups is 2. The second-order valence-electron chi connectivity index (χ2n) is 5.05. The molecule has 0 saturated carbocycles. The fourth-order valence-electron chi connectivity index (χ4n) is 1.38. The molecule has 112 valence electrons. The van der Waals surface area contributed by atoms with Crippen molar-refractivity contribution in [3.05, 3.63) is 29.6 Å². The van der Waals surface area contributed by atoms with Gasteiger partial charge in [-0.2, -0.15) is 0 Å². The first-order chi connectivity index (χ1) is 8.69. The van der Waals surface area contributed by atoms with Crippen LogP contribution in [0.5, 0.6) is 0 Å². The van der Waals surface area contributed by atoms with Gasteiger partial charge >= 0.3 is 0 Å². The summed E-state index contributed by atoms with van der Waals surface area (Å²) < 4.78 is 13.6. The summed E-state index contributed by atoms with van der Waals surface area (Å²) in [6.07, 6.45) is 0. The number of rotatable bonds is 4. The molecule has 1 rings (SSSR count). The lowest BCUT2D eigenvalue weighted by Crippen LogP contribution is -2.45. The van der Waals surface area contributed by atoms with Crippen molar-refractivity contribution < 1.29 is 14.0 Å². The number of anilines is 1. The second-order valence-corrected chi connectivity index (χ2v) is 5.05. The van der Waals surface area contributed by atoms with Gasteiger partial charge in [0.2, 0.25) is 5.91 Å². The van der Waals surface area contributed by atoms with Crippen LogP contribution in [0.2, 0.25) is 0 Å². The molecule has 0 bridgehead atoms. The lowest BCUT2D eigenvalue weighted by atomic mass is 10.1. The molecule has 0 aliphatic heterocycles. The van der Waals surface area contributed by atoms with E-state index < -0.39 is 17.3 Å². The third-order valence-electron chi connectivity index (χ3n) is 2.24. The van der Waals surface area contributed by atoms with Crippen LogP contribution in [-0.4, -0.2) is 23.9 Å². The van der Waals surface area contributed by atoms with Crippen LogP contribution in [0.1, 0.15) is 31.1 Å². The number of hydrogen-bond donors (Lipinski definition) is 3. The minimum atomic E-state index is -0.651. The number of halogens is 2. The van der Waals surface area contributed by atoms with Gasteiger partial charge in [0.05, 0.1) is 5.56 Å². The molecule has 0 heterocycles. The molecule has 1 aromatic rings. The van der Waals surface area contributed by atoms with E-state index in [0.717, 1.165) is 6.07 Å². The topological polar surface area (TPSA) is 84.2 Å². The molecular formula is C13H19ClFN3O2. The summed E-state index contributed by atoms with van der Waals surface area (Å²) in [4.78, 5) is 22.7. The zero-order valence-electron chi connectivity index (χ0n) is 11.6. The van der Waals surface area contributed by atoms with E-state index in [0.29, 0.717) is 5.69 Å². The molecule has 0 fully saturated rings. The Morgan fingerprint density at radius 3 is 2.45 bits per heavy atom. The van der Waals surface area contributed by atoms with Crippen molar-refractivity contribution in [2.45, 2.75) is 26.3 Å². The fraction of sp³-hybridized carbons (Fsp3) is 0.385. The standard InChI is InChI=1S/C13H18FN3O2.ClH/c1-8(18)17-9-4-5-11(14)10(6-9)12(19)16-7-13(2,3)15;/h4-6H,7,15H2,1-3H3,(H,16,19)(H,17,18);1H. The van der Waals surface area contributed by atoms with Gasteiger partial charge in [-0.3, -0.25) is 9.59 Å². The molecule has 7 heteroatoms. The Labute approximate surface area is 123 Å². The average Bonchev–Trinajstić information content (AvgIpc) is 2.27. The lowest BCUT2D eigenvalue weighted by molar-refractivity contribution is -0.114. The molecule has 0 atom stereocenters. The zero-order chi connectivity index (χ0) is 14.6. The first-order valence-corrected chi connectivity index (χ1v) is 5.83. The Balaban J connectivity index is 0.00000361. The van der Waals surface area contributed by atoms with Crippen LogP contribution in [0.15, 0.2) is 18.2 Å². The molecule has 0 radical (unpaired) electrons. The van der Waals surface area contributed by atoms with Crippen molar-refractivity contribution in [3.63, 3.8) is 0 Å². The summed E-state index contributed by atoms with van der Waals surface area (Å²) in [6, 6.07) is 3.81. The van der Waals surface area contributed by atoms with Gasteiger partial charge in [-0.05, 0) is 32.0 Å². The predicted octanol–water partition coefficient (Wildman–Crippen LogP) is 1.67. The molecule has 5 nitrogen and oxygen atoms in total. The average molecular weight is 304 g/mol. The number of hydrogen-bond acceptors (Lipinski definition) is 3. The maximum atomic E-state index is 13.6. The number of amides is 2. The van der Waals surface area contributed by atoms with E-state index in [1.807, 2.05) is 0 Å². The van der Waals surface area contributed by atoms with Crippen LogP contribution < -0.4 is 16.4 Å². The van der Waals surface area contributed by atoms with Crippen molar-refractivity contribution in [1.29, 1.82) is 0 Å². The Kier molecular flexibility index (Phi) is 6.61. The van der Waals surface area contributed by atoms with Crippen molar-refractivity contribution in [2.24, 2.45) is 5.73 Å². The van der Waals surface area contributed by atoms with Crippen molar-refractivity contribution in [3.8, 4) is 0 Å². The Morgan fingerprint density at radius 1 is 1.35 bits per heavy atom. The van der Waals surface area contributed by atoms with Crippen LogP contribution in [-0.2, 0) is 4.79 Å². The first kappa shape index (κ1) is 18.3. The Morgan fingerprint density at radius 2 is 1.95 bits per heavy atom. The highest BCUT2D eigenvalue weighted by atomic mass is 35.5. The third-order valence-corrected chi connectivity index (χ3v) is 2.24. The Hall–Kier alpha value is -1.66. The minimum absolute atomic E-state index is 0. The number of carbonyl (C=O) groups excluding carboxylic acids is 2. The molecular weight excluding hydrogens is 285 g/mol. The molecule has 0 aliphatic rings. The third kappa shape index (κ3) is 5.99. The number of benzene rings is 1. The molecule has 0 saturated heterocycles. The van der Waals surface area contributed by atoms with E-state index in [1.165, 1.54) is 19.1 Å². The number of nitrogens with one attached hydrogen (secondary N) is 2. The van der Waals surface area contributed by atoms with Crippen LogP contribution in [0.3, 0.4) is 0 Å². The van der Waals surface area contributed by atoms with Crippen molar-refractivity contribution in [2.75, 3.05) is 11.9 Å². The molecule has 4 N–H and O–H groups in total. The van der Waals surface area contributed by atoms with Crippen LogP contribution in [0, 0.1) is 5.82 Å². The van der Waals surface area contributed by atoms with E-state index in [2.05, 4.69) is 10.6 Å². The van der Waals surface area contributed by atoms with E-state index >= 15 is 0 Å². The number of nitrogens with two attached hydrogens (primary N) is 1. The summed E-state index contributed by atoms with van der Waals surface area (Å²) in [5.41, 5.74) is 5.39. The smallest absolute Gasteiger partial charge is 0.254 e. The highest BCUT2D eigenvalue weighted by Gasteiger charge is 2.16. The van der Waals surface area contributed by atoms with Gasteiger partial charge < -0.3 is 16.4 Å². The molecule has 0 unspecified atom stereocenters. The van der Waals surface area contributed by atoms with E-state index in [-0.39, 0.29) is 30.4 Å². The molecule has 0 spiro atoms. The Bertz CT molecular complexity index is 501. The zero-order valence-corrected chi connectivity index (χ0v) is 12.4. The van der Waals surface area contributed by atoms with Crippen LogP contribution >= 0.6 is 12.4 Å². The largest absolute Gasteiger partial charge is 0.350 e. The summed E-state index contributed by atoms with van der Waals surface area (Å²) in [5.74, 6) is -1.51. The van der Waals surface area contributed by atoms with E-state index in [4.69, 9.17) is 5.73 Å². The second kappa shape index (κ2) is 7.21. The SMILES string of the molecule is CC(=O)Nc1ccc(F)c(C(=O)NCC(C)(C)N)c1.Cl. The monoisotopic (exact) mass is 303 g/mol. The van der Waals surface area contributed by atoms with Gasteiger partial charge in [0.15, 0.2) is 0 Å². The minimum Gasteiger partial charge on any atom is -0.350 e. The van der Waals surface area contributed by atoms with E-state index in [1.54, 1.807) is 13.8 Å².